The van der Waals surface area contributed by atoms with Crippen LogP contribution < -0.4 is 10.2 Å². The molecule has 19 heavy (non-hydrogen) atoms. The van der Waals surface area contributed by atoms with E-state index in [1.165, 1.54) is 0 Å². The van der Waals surface area contributed by atoms with Crippen molar-refractivity contribution in [2.45, 2.75) is 45.4 Å². The van der Waals surface area contributed by atoms with Gasteiger partial charge in [-0.25, -0.2) is 4.98 Å². The second kappa shape index (κ2) is 6.82. The van der Waals surface area contributed by atoms with Gasteiger partial charge in [0.05, 0.1) is 24.2 Å². The molecule has 1 aliphatic rings. The molecular weight excluding hydrogens is 240 g/mol. The molecule has 5 heteroatoms. The van der Waals surface area contributed by atoms with Crippen LogP contribution in [0.3, 0.4) is 0 Å². The molecule has 1 N–H and O–H groups in total. The zero-order valence-corrected chi connectivity index (χ0v) is 12.1. The lowest BCUT2D eigenvalue weighted by atomic mass is 10.1. The molecule has 0 atom stereocenters. The molecular formula is C14H24N4O. The number of aromatic nitrogens is 2. The Hall–Kier alpha value is -1.20. The first-order chi connectivity index (χ1) is 9.19. The molecule has 1 aromatic heterocycles. The van der Waals surface area contributed by atoms with Crippen LogP contribution in [0.2, 0.25) is 0 Å². The molecule has 1 aromatic rings. The summed E-state index contributed by atoms with van der Waals surface area (Å²) in [7, 11) is 1.79. The topological polar surface area (TPSA) is 50.3 Å². The Morgan fingerprint density at radius 1 is 1.32 bits per heavy atom. The number of hydrogen-bond acceptors (Lipinski definition) is 5. The highest BCUT2D eigenvalue weighted by molar-refractivity contribution is 5.36. The molecule has 0 amide bonds. The van der Waals surface area contributed by atoms with Crippen molar-refractivity contribution in [2.24, 2.45) is 0 Å². The van der Waals surface area contributed by atoms with Crippen LogP contribution in [-0.4, -0.2) is 42.3 Å². The van der Waals surface area contributed by atoms with Gasteiger partial charge in [0, 0.05) is 32.8 Å². The smallest absolute Gasteiger partial charge is 0.147 e. The minimum Gasteiger partial charge on any atom is -0.381 e. The maximum absolute atomic E-state index is 5.38. The summed E-state index contributed by atoms with van der Waals surface area (Å²) in [6.07, 6.45) is 6.28. The molecule has 2 rings (SSSR count). The third kappa shape index (κ3) is 4.14. The molecule has 1 saturated heterocycles. The lowest BCUT2D eigenvalue weighted by molar-refractivity contribution is 0.0818. The summed E-state index contributed by atoms with van der Waals surface area (Å²) in [6.45, 7) is 7.02. The number of anilines is 1. The van der Waals surface area contributed by atoms with Crippen molar-refractivity contribution >= 4 is 5.82 Å². The Balaban J connectivity index is 1.88. The van der Waals surface area contributed by atoms with Crippen molar-refractivity contribution in [1.82, 2.24) is 15.3 Å². The molecule has 106 valence electrons. The zero-order valence-electron chi connectivity index (χ0n) is 12.1. The normalized spacial score (nSPS) is 17.2. The summed E-state index contributed by atoms with van der Waals surface area (Å²) >= 11 is 0. The van der Waals surface area contributed by atoms with E-state index in [9.17, 15) is 0 Å². The highest BCUT2D eigenvalue weighted by Crippen LogP contribution is 2.18. The predicted molar refractivity (Wildman–Crippen MR) is 76.3 cm³/mol. The van der Waals surface area contributed by atoms with E-state index >= 15 is 0 Å². The number of hydrogen-bond donors (Lipinski definition) is 1. The van der Waals surface area contributed by atoms with Gasteiger partial charge >= 0.3 is 0 Å². The molecule has 0 aliphatic carbocycles. The van der Waals surface area contributed by atoms with E-state index in [1.807, 2.05) is 12.4 Å². The standard InChI is InChI=1S/C14H24N4O/c1-11(2)15-8-12-9-17-14(10-16-12)18-6-4-13(19-3)5-7-18/h9-11,13,15H,4-8H2,1-3H3. The van der Waals surface area contributed by atoms with E-state index in [2.05, 4.69) is 34.0 Å². The SMILES string of the molecule is COC1CCN(c2cnc(CNC(C)C)cn2)CC1. The average Bonchev–Trinajstić information content (AvgIpc) is 2.46. The molecule has 1 aliphatic heterocycles. The first kappa shape index (κ1) is 14.2. The Bertz CT molecular complexity index is 372. The predicted octanol–water partition coefficient (Wildman–Crippen LogP) is 1.59. The highest BCUT2D eigenvalue weighted by atomic mass is 16.5. The van der Waals surface area contributed by atoms with Crippen molar-refractivity contribution in [3.8, 4) is 0 Å². The number of piperidine rings is 1. The van der Waals surface area contributed by atoms with Crippen molar-refractivity contribution in [3.63, 3.8) is 0 Å². The Labute approximate surface area is 115 Å². The number of ether oxygens (including phenoxy) is 1. The fourth-order valence-electron chi connectivity index (χ4n) is 2.23. The molecule has 5 nitrogen and oxygen atoms in total. The van der Waals surface area contributed by atoms with Gasteiger partial charge in [0.1, 0.15) is 5.82 Å². The second-order valence-electron chi connectivity index (χ2n) is 5.32. The Kier molecular flexibility index (Phi) is 5.10. The quantitative estimate of drug-likeness (QED) is 0.875. The van der Waals surface area contributed by atoms with Crippen LogP contribution >= 0.6 is 0 Å². The van der Waals surface area contributed by atoms with Crippen molar-refractivity contribution in [2.75, 3.05) is 25.1 Å². The average molecular weight is 264 g/mol. The minimum atomic E-state index is 0.402. The Morgan fingerprint density at radius 2 is 2.05 bits per heavy atom. The molecule has 1 fully saturated rings. The maximum Gasteiger partial charge on any atom is 0.147 e. The van der Waals surface area contributed by atoms with Gasteiger partial charge in [-0.15, -0.1) is 0 Å². The zero-order chi connectivity index (χ0) is 13.7. The van der Waals surface area contributed by atoms with E-state index < -0.39 is 0 Å². The first-order valence-electron chi connectivity index (χ1n) is 7.01. The van der Waals surface area contributed by atoms with Gasteiger partial charge in [-0.05, 0) is 12.8 Å². The van der Waals surface area contributed by atoms with Crippen LogP contribution in [0.1, 0.15) is 32.4 Å². The third-order valence-corrected chi connectivity index (χ3v) is 3.48. The van der Waals surface area contributed by atoms with E-state index in [1.54, 1.807) is 7.11 Å². The second-order valence-corrected chi connectivity index (χ2v) is 5.32. The Morgan fingerprint density at radius 3 is 2.58 bits per heavy atom. The van der Waals surface area contributed by atoms with Gasteiger partial charge in [0.25, 0.3) is 0 Å². The van der Waals surface area contributed by atoms with Gasteiger partial charge in [-0.2, -0.15) is 0 Å². The van der Waals surface area contributed by atoms with Crippen LogP contribution in [-0.2, 0) is 11.3 Å². The number of nitrogens with one attached hydrogen (secondary N) is 1. The number of methoxy groups -OCH3 is 1. The van der Waals surface area contributed by atoms with E-state index in [-0.39, 0.29) is 0 Å². The van der Waals surface area contributed by atoms with Gasteiger partial charge in [0.15, 0.2) is 0 Å². The molecule has 0 bridgehead atoms. The molecule has 0 unspecified atom stereocenters. The summed E-state index contributed by atoms with van der Waals surface area (Å²) < 4.78 is 5.38. The maximum atomic E-state index is 5.38. The summed E-state index contributed by atoms with van der Waals surface area (Å²) in [5.74, 6) is 0.975. The largest absolute Gasteiger partial charge is 0.381 e. The molecule has 2 heterocycles. The monoisotopic (exact) mass is 264 g/mol. The number of rotatable bonds is 5. The van der Waals surface area contributed by atoms with Gasteiger partial charge < -0.3 is 15.0 Å². The van der Waals surface area contributed by atoms with E-state index in [4.69, 9.17) is 4.74 Å². The molecule has 0 radical (unpaired) electrons. The third-order valence-electron chi connectivity index (χ3n) is 3.48. The summed E-state index contributed by atoms with van der Waals surface area (Å²) in [6, 6.07) is 0.467. The fraction of sp³-hybridized carbons (Fsp3) is 0.714. The van der Waals surface area contributed by atoms with Crippen molar-refractivity contribution in [3.05, 3.63) is 18.1 Å². The summed E-state index contributed by atoms with van der Waals surface area (Å²) in [4.78, 5) is 11.3. The van der Waals surface area contributed by atoms with Crippen molar-refractivity contribution < 1.29 is 4.74 Å². The highest BCUT2D eigenvalue weighted by Gasteiger charge is 2.19. The molecule has 0 aromatic carbocycles. The first-order valence-corrected chi connectivity index (χ1v) is 7.01. The van der Waals surface area contributed by atoms with Crippen LogP contribution in [0.15, 0.2) is 12.4 Å². The minimum absolute atomic E-state index is 0.402. The van der Waals surface area contributed by atoms with Crippen LogP contribution in [0.5, 0.6) is 0 Å². The summed E-state index contributed by atoms with van der Waals surface area (Å²) in [5.41, 5.74) is 0.990. The number of nitrogens with zero attached hydrogens (tertiary/aromatic N) is 3. The lowest BCUT2D eigenvalue weighted by Crippen LogP contribution is -2.37. The van der Waals surface area contributed by atoms with Crippen LogP contribution in [0.25, 0.3) is 0 Å². The van der Waals surface area contributed by atoms with Gasteiger partial charge in [0.2, 0.25) is 0 Å². The van der Waals surface area contributed by atoms with Gasteiger partial charge in [-0.1, -0.05) is 13.8 Å². The fourth-order valence-corrected chi connectivity index (χ4v) is 2.23. The van der Waals surface area contributed by atoms with Crippen LogP contribution in [0.4, 0.5) is 5.82 Å². The molecule has 0 saturated carbocycles. The van der Waals surface area contributed by atoms with E-state index in [0.29, 0.717) is 12.1 Å². The van der Waals surface area contributed by atoms with Crippen LogP contribution in [0, 0.1) is 0 Å². The summed E-state index contributed by atoms with van der Waals surface area (Å²) in [5, 5.41) is 3.34. The molecule has 0 spiro atoms. The van der Waals surface area contributed by atoms with Gasteiger partial charge in [-0.3, -0.25) is 4.98 Å². The van der Waals surface area contributed by atoms with E-state index in [0.717, 1.165) is 44.0 Å². The lowest BCUT2D eigenvalue weighted by Gasteiger charge is -2.31. The van der Waals surface area contributed by atoms with Crippen molar-refractivity contribution in [1.29, 1.82) is 0 Å².